The number of amides is 1. The van der Waals surface area contributed by atoms with E-state index in [4.69, 9.17) is 10.00 Å². The zero-order chi connectivity index (χ0) is 15.9. The van der Waals surface area contributed by atoms with Crippen molar-refractivity contribution in [2.75, 3.05) is 13.7 Å². The van der Waals surface area contributed by atoms with Crippen molar-refractivity contribution in [3.8, 4) is 6.07 Å². The van der Waals surface area contributed by atoms with E-state index in [1.807, 2.05) is 37.3 Å². The van der Waals surface area contributed by atoms with E-state index in [9.17, 15) is 4.79 Å². The molecule has 0 aliphatic rings. The third-order valence-corrected chi connectivity index (χ3v) is 3.54. The molecule has 2 aromatic rings. The number of nitrogens with one attached hydrogen (secondary N) is 1. The topological polar surface area (TPSA) is 62.1 Å². The number of ether oxygens (including phenoxy) is 1. The molecule has 0 saturated carbocycles. The number of rotatable bonds is 5. The SMILES string of the molecule is COC(CNC(=O)c1ccc(C#N)cc1)c1ccccc1C. The van der Waals surface area contributed by atoms with Gasteiger partial charge in [0.05, 0.1) is 17.7 Å². The van der Waals surface area contributed by atoms with Crippen molar-refractivity contribution < 1.29 is 9.53 Å². The normalized spacial score (nSPS) is 11.5. The van der Waals surface area contributed by atoms with Crippen LogP contribution in [0, 0.1) is 18.3 Å². The lowest BCUT2D eigenvalue weighted by Crippen LogP contribution is -2.29. The second-order valence-electron chi connectivity index (χ2n) is 4.98. The highest BCUT2D eigenvalue weighted by Gasteiger charge is 2.14. The first-order valence-electron chi connectivity index (χ1n) is 7.02. The van der Waals surface area contributed by atoms with Crippen molar-refractivity contribution in [3.63, 3.8) is 0 Å². The van der Waals surface area contributed by atoms with Gasteiger partial charge in [-0.05, 0) is 42.3 Å². The molecule has 0 aliphatic heterocycles. The summed E-state index contributed by atoms with van der Waals surface area (Å²) in [6.45, 7) is 2.41. The van der Waals surface area contributed by atoms with Crippen molar-refractivity contribution in [1.82, 2.24) is 5.32 Å². The van der Waals surface area contributed by atoms with Gasteiger partial charge in [-0.25, -0.2) is 0 Å². The summed E-state index contributed by atoms with van der Waals surface area (Å²) in [6.07, 6.45) is -0.191. The lowest BCUT2D eigenvalue weighted by Gasteiger charge is -2.18. The van der Waals surface area contributed by atoms with Gasteiger partial charge in [0.15, 0.2) is 0 Å². The van der Waals surface area contributed by atoms with Crippen LogP contribution in [-0.4, -0.2) is 19.6 Å². The van der Waals surface area contributed by atoms with E-state index < -0.39 is 0 Å². The standard InChI is InChI=1S/C18H18N2O2/c1-13-5-3-4-6-16(13)17(22-2)12-20-18(21)15-9-7-14(11-19)8-10-15/h3-10,17H,12H2,1-2H3,(H,20,21). The van der Waals surface area contributed by atoms with E-state index in [2.05, 4.69) is 5.32 Å². The van der Waals surface area contributed by atoms with Crippen LogP contribution in [0.1, 0.15) is 33.2 Å². The summed E-state index contributed by atoms with van der Waals surface area (Å²) in [6, 6.07) is 16.5. The van der Waals surface area contributed by atoms with Crippen molar-refractivity contribution >= 4 is 5.91 Å². The maximum atomic E-state index is 12.1. The van der Waals surface area contributed by atoms with E-state index in [0.29, 0.717) is 17.7 Å². The molecule has 0 saturated heterocycles. The fourth-order valence-corrected chi connectivity index (χ4v) is 2.25. The third-order valence-electron chi connectivity index (χ3n) is 3.54. The summed E-state index contributed by atoms with van der Waals surface area (Å²) in [4.78, 5) is 12.1. The first-order valence-corrected chi connectivity index (χ1v) is 7.02. The molecule has 0 heterocycles. The quantitative estimate of drug-likeness (QED) is 0.922. The maximum absolute atomic E-state index is 12.1. The van der Waals surface area contributed by atoms with Crippen LogP contribution >= 0.6 is 0 Å². The molecule has 0 spiro atoms. The Balaban J connectivity index is 2.02. The van der Waals surface area contributed by atoms with Crippen LogP contribution in [0.15, 0.2) is 48.5 Å². The molecule has 4 nitrogen and oxygen atoms in total. The molecule has 1 atom stereocenters. The van der Waals surface area contributed by atoms with Crippen LogP contribution in [0.4, 0.5) is 0 Å². The van der Waals surface area contributed by atoms with Crippen molar-refractivity contribution in [2.24, 2.45) is 0 Å². The zero-order valence-electron chi connectivity index (χ0n) is 12.7. The van der Waals surface area contributed by atoms with Gasteiger partial charge in [0, 0.05) is 19.2 Å². The molecular weight excluding hydrogens is 276 g/mol. The molecule has 0 aromatic heterocycles. The van der Waals surface area contributed by atoms with Crippen LogP contribution in [0.25, 0.3) is 0 Å². The number of methoxy groups -OCH3 is 1. The Bertz CT molecular complexity index is 687. The molecule has 1 amide bonds. The molecule has 0 bridgehead atoms. The number of nitrogens with zero attached hydrogens (tertiary/aromatic N) is 1. The van der Waals surface area contributed by atoms with E-state index >= 15 is 0 Å². The molecule has 1 N–H and O–H groups in total. The summed E-state index contributed by atoms with van der Waals surface area (Å²) in [7, 11) is 1.63. The van der Waals surface area contributed by atoms with Gasteiger partial charge in [0.2, 0.25) is 0 Å². The smallest absolute Gasteiger partial charge is 0.251 e. The van der Waals surface area contributed by atoms with Crippen LogP contribution in [-0.2, 0) is 4.74 Å². The van der Waals surface area contributed by atoms with Crippen molar-refractivity contribution in [3.05, 3.63) is 70.8 Å². The minimum atomic E-state index is -0.191. The fourth-order valence-electron chi connectivity index (χ4n) is 2.25. The molecule has 4 heteroatoms. The van der Waals surface area contributed by atoms with Crippen LogP contribution in [0.5, 0.6) is 0 Å². The summed E-state index contributed by atoms with van der Waals surface area (Å²) in [5, 5.41) is 11.6. The maximum Gasteiger partial charge on any atom is 0.251 e. The van der Waals surface area contributed by atoms with Crippen LogP contribution in [0.2, 0.25) is 0 Å². The van der Waals surface area contributed by atoms with Crippen LogP contribution in [0.3, 0.4) is 0 Å². The average molecular weight is 294 g/mol. The van der Waals surface area contributed by atoms with Gasteiger partial charge in [-0.3, -0.25) is 4.79 Å². The van der Waals surface area contributed by atoms with Crippen LogP contribution < -0.4 is 5.32 Å². The summed E-state index contributed by atoms with van der Waals surface area (Å²) >= 11 is 0. The molecule has 22 heavy (non-hydrogen) atoms. The Morgan fingerprint density at radius 2 is 1.91 bits per heavy atom. The highest BCUT2D eigenvalue weighted by Crippen LogP contribution is 2.19. The monoisotopic (exact) mass is 294 g/mol. The first-order chi connectivity index (χ1) is 10.7. The molecule has 0 radical (unpaired) electrons. The zero-order valence-corrected chi connectivity index (χ0v) is 12.7. The van der Waals surface area contributed by atoms with Gasteiger partial charge >= 0.3 is 0 Å². The van der Waals surface area contributed by atoms with E-state index in [1.165, 1.54) is 0 Å². The number of aryl methyl sites for hydroxylation is 1. The van der Waals surface area contributed by atoms with E-state index in [-0.39, 0.29) is 12.0 Å². The first kappa shape index (κ1) is 15.7. The highest BCUT2D eigenvalue weighted by molar-refractivity contribution is 5.94. The Morgan fingerprint density at radius 3 is 2.50 bits per heavy atom. The van der Waals surface area contributed by atoms with Gasteiger partial charge < -0.3 is 10.1 Å². The third kappa shape index (κ3) is 3.72. The molecule has 0 aliphatic carbocycles. The highest BCUT2D eigenvalue weighted by atomic mass is 16.5. The summed E-state index contributed by atoms with van der Waals surface area (Å²) in [5.41, 5.74) is 3.25. The van der Waals surface area contributed by atoms with Gasteiger partial charge in [0.25, 0.3) is 5.91 Å². The molecule has 2 rings (SSSR count). The minimum Gasteiger partial charge on any atom is -0.375 e. The fraction of sp³-hybridized carbons (Fsp3) is 0.222. The van der Waals surface area contributed by atoms with E-state index in [0.717, 1.165) is 11.1 Å². The number of carbonyl (C=O) groups is 1. The second-order valence-corrected chi connectivity index (χ2v) is 4.98. The number of carbonyl (C=O) groups excluding carboxylic acids is 1. The van der Waals surface area contributed by atoms with Crippen molar-refractivity contribution in [1.29, 1.82) is 5.26 Å². The Labute approximate surface area is 130 Å². The molecule has 2 aromatic carbocycles. The average Bonchev–Trinajstić information content (AvgIpc) is 2.56. The largest absolute Gasteiger partial charge is 0.375 e. The van der Waals surface area contributed by atoms with Crippen molar-refractivity contribution in [2.45, 2.75) is 13.0 Å². The predicted molar refractivity (Wildman–Crippen MR) is 84.4 cm³/mol. The van der Waals surface area contributed by atoms with Gasteiger partial charge in [-0.15, -0.1) is 0 Å². The predicted octanol–water partition coefficient (Wildman–Crippen LogP) is 2.98. The van der Waals surface area contributed by atoms with E-state index in [1.54, 1.807) is 31.4 Å². The summed E-state index contributed by atoms with van der Waals surface area (Å²) < 4.78 is 5.48. The van der Waals surface area contributed by atoms with Gasteiger partial charge in [-0.2, -0.15) is 5.26 Å². The Kier molecular flexibility index (Phi) is 5.29. The second kappa shape index (κ2) is 7.39. The number of hydrogen-bond donors (Lipinski definition) is 1. The minimum absolute atomic E-state index is 0.180. The Hall–Kier alpha value is -2.64. The lowest BCUT2D eigenvalue weighted by molar-refractivity contribution is 0.0826. The molecular formula is C18H18N2O2. The Morgan fingerprint density at radius 1 is 1.23 bits per heavy atom. The number of nitriles is 1. The van der Waals surface area contributed by atoms with Gasteiger partial charge in [-0.1, -0.05) is 24.3 Å². The number of hydrogen-bond acceptors (Lipinski definition) is 3. The lowest BCUT2D eigenvalue weighted by atomic mass is 10.0. The number of benzene rings is 2. The van der Waals surface area contributed by atoms with Gasteiger partial charge in [0.1, 0.15) is 0 Å². The molecule has 112 valence electrons. The summed E-state index contributed by atoms with van der Waals surface area (Å²) in [5.74, 6) is -0.180. The molecule has 1 unspecified atom stereocenters. The molecule has 0 fully saturated rings.